The van der Waals surface area contributed by atoms with Crippen LogP contribution in [0.5, 0.6) is 0 Å². The third-order valence-electron chi connectivity index (χ3n) is 3.14. The zero-order valence-electron chi connectivity index (χ0n) is 11.7. The number of imide groups is 1. The zero-order chi connectivity index (χ0) is 16.5. The van der Waals surface area contributed by atoms with Crippen LogP contribution < -0.4 is 10.5 Å². The molecule has 1 aromatic carbocycles. The molecule has 1 aliphatic rings. The number of nitrogens with zero attached hydrogens (tertiary/aromatic N) is 1. The number of aryl methyl sites for hydroxylation is 1. The van der Waals surface area contributed by atoms with E-state index >= 15 is 0 Å². The van der Waals surface area contributed by atoms with Crippen LogP contribution in [-0.2, 0) is 19.6 Å². The molecule has 1 aliphatic heterocycles. The molecule has 4 N–H and O–H groups in total. The second kappa shape index (κ2) is 5.87. The van der Waals surface area contributed by atoms with Crippen LogP contribution in [0.2, 0.25) is 0 Å². The summed E-state index contributed by atoms with van der Waals surface area (Å²) < 4.78 is 22.7. The normalized spacial score (nSPS) is 15.2. The van der Waals surface area contributed by atoms with Crippen LogP contribution in [0.25, 0.3) is 0 Å². The maximum atomic E-state index is 12.0. The molecule has 0 spiro atoms. The van der Waals surface area contributed by atoms with Gasteiger partial charge in [0.05, 0.1) is 18.0 Å². The highest BCUT2D eigenvalue weighted by Crippen LogP contribution is 2.23. The minimum absolute atomic E-state index is 0.00752. The summed E-state index contributed by atoms with van der Waals surface area (Å²) in [7, 11) is -3.87. The molecule has 0 saturated carbocycles. The molecular formula is C13H15N3O5S. The monoisotopic (exact) mass is 325 g/mol. The standard InChI is InChI=1S/C13H15N3O5S/c1-8-2-3-9(22(14,20)21)6-10(8)15-11-7-12(18)16(4-5-17)13(11)19/h2-3,6-7,15,17H,4-5H2,1H3,(H2,14,20,21). The van der Waals surface area contributed by atoms with Crippen molar-refractivity contribution < 1.29 is 23.1 Å². The van der Waals surface area contributed by atoms with Crippen molar-refractivity contribution in [2.45, 2.75) is 11.8 Å². The molecule has 0 fully saturated rings. The van der Waals surface area contributed by atoms with Crippen LogP contribution in [0.3, 0.4) is 0 Å². The molecule has 0 radical (unpaired) electrons. The SMILES string of the molecule is Cc1ccc(S(N)(=O)=O)cc1NC1=CC(=O)N(CCO)C1=O. The highest BCUT2D eigenvalue weighted by Gasteiger charge is 2.30. The van der Waals surface area contributed by atoms with Gasteiger partial charge in [0, 0.05) is 11.8 Å². The quantitative estimate of drug-likeness (QED) is 0.614. The molecule has 1 heterocycles. The lowest BCUT2D eigenvalue weighted by Gasteiger charge is -2.14. The maximum Gasteiger partial charge on any atom is 0.277 e. The van der Waals surface area contributed by atoms with Gasteiger partial charge < -0.3 is 10.4 Å². The molecule has 0 unspecified atom stereocenters. The molecule has 2 rings (SSSR count). The molecule has 118 valence electrons. The first kappa shape index (κ1) is 16.1. The number of aliphatic hydroxyl groups excluding tert-OH is 1. The summed E-state index contributed by atoms with van der Waals surface area (Å²) in [6.07, 6.45) is 1.10. The van der Waals surface area contributed by atoms with Crippen LogP contribution in [0, 0.1) is 6.92 Å². The highest BCUT2D eigenvalue weighted by atomic mass is 32.2. The Morgan fingerprint density at radius 1 is 1.32 bits per heavy atom. The van der Waals surface area contributed by atoms with Crippen molar-refractivity contribution in [3.05, 3.63) is 35.5 Å². The summed E-state index contributed by atoms with van der Waals surface area (Å²) in [5, 5.41) is 16.6. The van der Waals surface area contributed by atoms with E-state index in [0.717, 1.165) is 11.0 Å². The number of nitrogens with two attached hydrogens (primary N) is 1. The fraction of sp³-hybridized carbons (Fsp3) is 0.231. The van der Waals surface area contributed by atoms with Gasteiger partial charge in [-0.15, -0.1) is 0 Å². The number of nitrogens with one attached hydrogen (secondary N) is 1. The van der Waals surface area contributed by atoms with Crippen LogP contribution in [0.15, 0.2) is 34.9 Å². The van der Waals surface area contributed by atoms with E-state index in [1.54, 1.807) is 6.92 Å². The number of carbonyl (C=O) groups is 2. The van der Waals surface area contributed by atoms with Crippen molar-refractivity contribution in [3.63, 3.8) is 0 Å². The van der Waals surface area contributed by atoms with Crippen LogP contribution in [-0.4, -0.2) is 43.4 Å². The Hall–Kier alpha value is -2.23. The third-order valence-corrected chi connectivity index (χ3v) is 4.05. The molecule has 1 aromatic rings. The summed E-state index contributed by atoms with van der Waals surface area (Å²) >= 11 is 0. The topological polar surface area (TPSA) is 130 Å². The number of aliphatic hydroxyl groups is 1. The maximum absolute atomic E-state index is 12.0. The Bertz CT molecular complexity index is 770. The van der Waals surface area contributed by atoms with Crippen molar-refractivity contribution in [2.75, 3.05) is 18.5 Å². The predicted molar refractivity (Wildman–Crippen MR) is 78.1 cm³/mol. The van der Waals surface area contributed by atoms with E-state index in [-0.39, 0.29) is 23.7 Å². The largest absolute Gasteiger partial charge is 0.395 e. The highest BCUT2D eigenvalue weighted by molar-refractivity contribution is 7.89. The van der Waals surface area contributed by atoms with Gasteiger partial charge in [-0.1, -0.05) is 6.07 Å². The number of hydrogen-bond donors (Lipinski definition) is 3. The van der Waals surface area contributed by atoms with E-state index in [2.05, 4.69) is 5.32 Å². The molecule has 2 amide bonds. The first-order valence-corrected chi connectivity index (χ1v) is 7.87. The molecule has 0 atom stereocenters. The van der Waals surface area contributed by atoms with Gasteiger partial charge in [-0.3, -0.25) is 14.5 Å². The Morgan fingerprint density at radius 2 is 2.00 bits per heavy atom. The molecule has 0 aromatic heterocycles. The number of rotatable bonds is 5. The van der Waals surface area contributed by atoms with Crippen molar-refractivity contribution in [3.8, 4) is 0 Å². The molecule has 0 aliphatic carbocycles. The van der Waals surface area contributed by atoms with Gasteiger partial charge in [-0.05, 0) is 24.6 Å². The average molecular weight is 325 g/mol. The number of hydrogen-bond acceptors (Lipinski definition) is 6. The van der Waals surface area contributed by atoms with E-state index in [0.29, 0.717) is 11.3 Å². The van der Waals surface area contributed by atoms with E-state index in [1.165, 1.54) is 18.2 Å². The Kier molecular flexibility index (Phi) is 4.31. The summed E-state index contributed by atoms with van der Waals surface area (Å²) in [5.41, 5.74) is 1.03. The lowest BCUT2D eigenvalue weighted by atomic mass is 10.2. The van der Waals surface area contributed by atoms with Crippen molar-refractivity contribution in [1.29, 1.82) is 0 Å². The van der Waals surface area contributed by atoms with Crippen LogP contribution in [0.4, 0.5) is 5.69 Å². The van der Waals surface area contributed by atoms with E-state index in [9.17, 15) is 18.0 Å². The fourth-order valence-electron chi connectivity index (χ4n) is 1.97. The zero-order valence-corrected chi connectivity index (χ0v) is 12.6. The minimum Gasteiger partial charge on any atom is -0.395 e. The Morgan fingerprint density at radius 3 is 2.59 bits per heavy atom. The van der Waals surface area contributed by atoms with Gasteiger partial charge in [-0.25, -0.2) is 13.6 Å². The lowest BCUT2D eigenvalue weighted by Crippen LogP contribution is -2.34. The molecular weight excluding hydrogens is 310 g/mol. The van der Waals surface area contributed by atoms with Crippen molar-refractivity contribution in [2.24, 2.45) is 5.14 Å². The second-order valence-electron chi connectivity index (χ2n) is 4.72. The number of benzene rings is 1. The number of carbonyl (C=O) groups excluding carboxylic acids is 2. The van der Waals surface area contributed by atoms with Gasteiger partial charge in [0.25, 0.3) is 11.8 Å². The number of anilines is 1. The Labute approximate surface area is 127 Å². The average Bonchev–Trinajstić information content (AvgIpc) is 2.68. The van der Waals surface area contributed by atoms with Gasteiger partial charge in [-0.2, -0.15) is 0 Å². The van der Waals surface area contributed by atoms with E-state index in [4.69, 9.17) is 10.2 Å². The number of primary sulfonamides is 1. The van der Waals surface area contributed by atoms with Gasteiger partial charge in [0.15, 0.2) is 0 Å². The van der Waals surface area contributed by atoms with Crippen LogP contribution >= 0.6 is 0 Å². The molecule has 0 saturated heterocycles. The van der Waals surface area contributed by atoms with E-state index < -0.39 is 21.8 Å². The lowest BCUT2D eigenvalue weighted by molar-refractivity contribution is -0.137. The number of sulfonamides is 1. The molecule has 0 bridgehead atoms. The van der Waals surface area contributed by atoms with Crippen molar-refractivity contribution >= 4 is 27.5 Å². The fourth-order valence-corrected chi connectivity index (χ4v) is 2.51. The van der Waals surface area contributed by atoms with Gasteiger partial charge in [0.2, 0.25) is 10.0 Å². The molecule has 9 heteroatoms. The smallest absolute Gasteiger partial charge is 0.277 e. The van der Waals surface area contributed by atoms with Gasteiger partial charge in [0.1, 0.15) is 5.70 Å². The molecule has 8 nitrogen and oxygen atoms in total. The van der Waals surface area contributed by atoms with Gasteiger partial charge >= 0.3 is 0 Å². The first-order valence-electron chi connectivity index (χ1n) is 6.33. The Balaban J connectivity index is 2.30. The minimum atomic E-state index is -3.87. The summed E-state index contributed by atoms with van der Waals surface area (Å²) in [6, 6.07) is 4.18. The summed E-state index contributed by atoms with van der Waals surface area (Å²) in [5.74, 6) is -1.12. The summed E-state index contributed by atoms with van der Waals surface area (Å²) in [6.45, 7) is 1.27. The second-order valence-corrected chi connectivity index (χ2v) is 6.28. The summed E-state index contributed by atoms with van der Waals surface area (Å²) in [4.78, 5) is 24.5. The predicted octanol–water partition coefficient (Wildman–Crippen LogP) is -0.701. The third kappa shape index (κ3) is 3.16. The van der Waals surface area contributed by atoms with E-state index in [1.807, 2.05) is 0 Å². The first-order chi connectivity index (χ1) is 10.2. The number of β-amino-alcohol motifs (C(OH)–C–C–N with tert-alkyl or cyclic N) is 1. The number of amides is 2. The molecule has 22 heavy (non-hydrogen) atoms. The van der Waals surface area contributed by atoms with Crippen LogP contribution in [0.1, 0.15) is 5.56 Å². The van der Waals surface area contributed by atoms with Crippen molar-refractivity contribution in [1.82, 2.24) is 4.90 Å².